The van der Waals surface area contributed by atoms with Crippen LogP contribution in [0.25, 0.3) is 0 Å². The van der Waals surface area contributed by atoms with E-state index in [1.165, 1.54) is 18.2 Å². The largest absolute Gasteiger partial charge is 0.399 e. The number of nitrogens with two attached hydrogens (primary N) is 1. The number of rotatable bonds is 3. The van der Waals surface area contributed by atoms with E-state index in [0.29, 0.717) is 25.3 Å². The molecule has 1 heterocycles. The molecule has 1 amide bonds. The highest BCUT2D eigenvalue weighted by Gasteiger charge is 2.33. The van der Waals surface area contributed by atoms with E-state index in [4.69, 9.17) is 10.5 Å². The van der Waals surface area contributed by atoms with E-state index < -0.39 is 16.4 Å². The zero-order valence-corrected chi connectivity index (χ0v) is 10.5. The van der Waals surface area contributed by atoms with E-state index in [9.17, 15) is 14.9 Å². The topological polar surface area (TPSA) is 107 Å². The van der Waals surface area contributed by atoms with Crippen molar-refractivity contribution in [3.8, 4) is 0 Å². The van der Waals surface area contributed by atoms with Crippen molar-refractivity contribution in [3.05, 3.63) is 33.9 Å². The maximum Gasteiger partial charge on any atom is 0.282 e. The summed E-state index contributed by atoms with van der Waals surface area (Å²) in [5.74, 6) is -0.507. The first-order valence-electron chi connectivity index (χ1n) is 5.85. The van der Waals surface area contributed by atoms with Gasteiger partial charge in [-0.2, -0.15) is 0 Å². The first kappa shape index (κ1) is 13.3. The Bertz CT molecular complexity index is 524. The Kier molecular flexibility index (Phi) is 3.39. The van der Waals surface area contributed by atoms with Crippen molar-refractivity contribution in [2.45, 2.75) is 18.9 Å². The van der Waals surface area contributed by atoms with Gasteiger partial charge in [-0.3, -0.25) is 14.9 Å². The molecule has 7 nitrogen and oxygen atoms in total. The third-order valence-electron chi connectivity index (χ3n) is 3.10. The molecule has 1 fully saturated rings. The van der Waals surface area contributed by atoms with Crippen LogP contribution in [0.4, 0.5) is 11.4 Å². The lowest BCUT2D eigenvalue weighted by atomic mass is 10.0. The highest BCUT2D eigenvalue weighted by molar-refractivity contribution is 5.99. The van der Waals surface area contributed by atoms with Crippen molar-refractivity contribution in [1.82, 2.24) is 5.32 Å². The first-order chi connectivity index (χ1) is 8.91. The molecule has 1 aliphatic rings. The number of nitrogens with zero attached hydrogens (tertiary/aromatic N) is 1. The molecule has 1 saturated heterocycles. The Morgan fingerprint density at radius 3 is 2.89 bits per heavy atom. The van der Waals surface area contributed by atoms with Crippen LogP contribution in [0, 0.1) is 10.1 Å². The van der Waals surface area contributed by atoms with E-state index in [1.54, 1.807) is 0 Å². The van der Waals surface area contributed by atoms with Gasteiger partial charge in [-0.15, -0.1) is 0 Å². The molecule has 0 aromatic heterocycles. The monoisotopic (exact) mass is 265 g/mol. The summed E-state index contributed by atoms with van der Waals surface area (Å²) >= 11 is 0. The smallest absolute Gasteiger partial charge is 0.282 e. The molecule has 0 spiro atoms. The SMILES string of the molecule is CC1(NC(=O)c2cc(N)ccc2[N+](=O)[O-])CCOC1. The van der Waals surface area contributed by atoms with E-state index in [2.05, 4.69) is 5.32 Å². The predicted octanol–water partition coefficient (Wildman–Crippen LogP) is 1.09. The number of nitrogens with one attached hydrogen (secondary N) is 1. The lowest BCUT2D eigenvalue weighted by Crippen LogP contribution is -2.46. The maximum atomic E-state index is 12.2. The summed E-state index contributed by atoms with van der Waals surface area (Å²) in [4.78, 5) is 22.5. The molecule has 7 heteroatoms. The molecule has 1 aromatic rings. The number of amides is 1. The van der Waals surface area contributed by atoms with Crippen LogP contribution in [0.2, 0.25) is 0 Å². The first-order valence-corrected chi connectivity index (χ1v) is 5.85. The fraction of sp³-hybridized carbons (Fsp3) is 0.417. The van der Waals surface area contributed by atoms with Crippen LogP contribution in [0.1, 0.15) is 23.7 Å². The number of benzene rings is 1. The second kappa shape index (κ2) is 4.85. The number of carbonyl (C=O) groups excluding carboxylic acids is 1. The molecular weight excluding hydrogens is 250 g/mol. The van der Waals surface area contributed by atoms with Gasteiger partial charge in [-0.1, -0.05) is 0 Å². The number of ether oxygens (including phenoxy) is 1. The highest BCUT2D eigenvalue weighted by atomic mass is 16.6. The average Bonchev–Trinajstić information content (AvgIpc) is 2.75. The Balaban J connectivity index is 2.27. The molecule has 1 unspecified atom stereocenters. The summed E-state index contributed by atoms with van der Waals surface area (Å²) in [6, 6.07) is 3.94. The normalized spacial score (nSPS) is 22.2. The minimum absolute atomic E-state index is 0.0295. The standard InChI is InChI=1S/C12H15N3O4/c1-12(4-5-19-7-12)14-11(16)9-6-8(13)2-3-10(9)15(17)18/h2-3,6H,4-5,7,13H2,1H3,(H,14,16). The zero-order valence-electron chi connectivity index (χ0n) is 10.5. The summed E-state index contributed by atoms with van der Waals surface area (Å²) in [5.41, 5.74) is 5.11. The van der Waals surface area contributed by atoms with Crippen molar-refractivity contribution < 1.29 is 14.5 Å². The maximum absolute atomic E-state index is 12.2. The minimum atomic E-state index is -0.595. The lowest BCUT2D eigenvalue weighted by molar-refractivity contribution is -0.385. The fourth-order valence-corrected chi connectivity index (χ4v) is 2.00. The second-order valence-electron chi connectivity index (χ2n) is 4.85. The number of nitro benzene ring substituents is 1. The Labute approximate surface area is 109 Å². The summed E-state index contributed by atoms with van der Waals surface area (Å²) < 4.78 is 5.22. The number of anilines is 1. The van der Waals surface area contributed by atoms with Crippen molar-refractivity contribution in [1.29, 1.82) is 0 Å². The van der Waals surface area contributed by atoms with Crippen LogP contribution in [-0.4, -0.2) is 29.6 Å². The number of hydrogen-bond donors (Lipinski definition) is 2. The van der Waals surface area contributed by atoms with Gasteiger partial charge in [-0.05, 0) is 25.5 Å². The third kappa shape index (κ3) is 2.82. The predicted molar refractivity (Wildman–Crippen MR) is 68.8 cm³/mol. The van der Waals surface area contributed by atoms with Crippen LogP contribution >= 0.6 is 0 Å². The second-order valence-corrected chi connectivity index (χ2v) is 4.85. The van der Waals surface area contributed by atoms with E-state index in [-0.39, 0.29) is 11.3 Å². The quantitative estimate of drug-likeness (QED) is 0.483. The van der Waals surface area contributed by atoms with E-state index >= 15 is 0 Å². The molecule has 1 aromatic carbocycles. The molecule has 0 aliphatic carbocycles. The van der Waals surface area contributed by atoms with Crippen LogP contribution in [0.15, 0.2) is 18.2 Å². The molecule has 0 saturated carbocycles. The van der Waals surface area contributed by atoms with Crippen LogP contribution in [0.3, 0.4) is 0 Å². The average molecular weight is 265 g/mol. The van der Waals surface area contributed by atoms with Gasteiger partial charge in [0.05, 0.1) is 17.1 Å². The lowest BCUT2D eigenvalue weighted by Gasteiger charge is -2.23. The van der Waals surface area contributed by atoms with Gasteiger partial charge in [-0.25, -0.2) is 0 Å². The van der Waals surface area contributed by atoms with Gasteiger partial charge < -0.3 is 15.8 Å². The minimum Gasteiger partial charge on any atom is -0.399 e. The third-order valence-corrected chi connectivity index (χ3v) is 3.10. The Hall–Kier alpha value is -2.15. The molecule has 1 aliphatic heterocycles. The molecule has 0 bridgehead atoms. The van der Waals surface area contributed by atoms with Gasteiger partial charge in [0.1, 0.15) is 5.56 Å². The van der Waals surface area contributed by atoms with Gasteiger partial charge in [0.15, 0.2) is 0 Å². The zero-order chi connectivity index (χ0) is 14.0. The Morgan fingerprint density at radius 2 is 2.32 bits per heavy atom. The van der Waals surface area contributed by atoms with Crippen molar-refractivity contribution in [3.63, 3.8) is 0 Å². The Morgan fingerprint density at radius 1 is 1.58 bits per heavy atom. The summed E-state index contributed by atoms with van der Waals surface area (Å²) in [7, 11) is 0. The fourth-order valence-electron chi connectivity index (χ4n) is 2.00. The van der Waals surface area contributed by atoms with Crippen LogP contribution < -0.4 is 11.1 Å². The highest BCUT2D eigenvalue weighted by Crippen LogP contribution is 2.23. The molecule has 3 N–H and O–H groups in total. The number of carbonyl (C=O) groups is 1. The molecule has 102 valence electrons. The van der Waals surface area contributed by atoms with Crippen LogP contribution in [-0.2, 0) is 4.74 Å². The van der Waals surface area contributed by atoms with Crippen LogP contribution in [0.5, 0.6) is 0 Å². The molecule has 1 atom stereocenters. The van der Waals surface area contributed by atoms with Gasteiger partial charge in [0.25, 0.3) is 11.6 Å². The molecule has 2 rings (SSSR count). The summed E-state index contributed by atoms with van der Waals surface area (Å²) in [5, 5.41) is 13.7. The van der Waals surface area contributed by atoms with Crippen molar-refractivity contribution in [2.24, 2.45) is 0 Å². The van der Waals surface area contributed by atoms with Gasteiger partial charge >= 0.3 is 0 Å². The van der Waals surface area contributed by atoms with Gasteiger partial charge in [0, 0.05) is 18.4 Å². The van der Waals surface area contributed by atoms with Crippen molar-refractivity contribution >= 4 is 17.3 Å². The number of nitrogen functional groups attached to an aromatic ring is 1. The summed E-state index contributed by atoms with van der Waals surface area (Å²) in [6.45, 7) is 2.81. The van der Waals surface area contributed by atoms with E-state index in [0.717, 1.165) is 0 Å². The van der Waals surface area contributed by atoms with Gasteiger partial charge in [0.2, 0.25) is 0 Å². The molecule has 19 heavy (non-hydrogen) atoms. The molecular formula is C12H15N3O4. The molecule has 0 radical (unpaired) electrons. The number of nitro groups is 1. The van der Waals surface area contributed by atoms with Crippen molar-refractivity contribution in [2.75, 3.05) is 18.9 Å². The van der Waals surface area contributed by atoms with E-state index in [1.807, 2.05) is 6.92 Å². The number of hydrogen-bond acceptors (Lipinski definition) is 5. The summed E-state index contributed by atoms with van der Waals surface area (Å²) in [6.07, 6.45) is 0.675.